The molecule has 0 saturated heterocycles. The van der Waals surface area contributed by atoms with Crippen LogP contribution in [-0.2, 0) is 22.4 Å². The average Bonchev–Trinajstić information content (AvgIpc) is 3.13. The summed E-state index contributed by atoms with van der Waals surface area (Å²) in [5, 5.41) is 36.1. The number of carbonyl (C=O) groups is 2. The SMILES string of the molecule is COc1cc(CCN(C)C)c2sc3c(O)c(OC)cc(CCN(C)C)c3ssc2c1O.O=C(O)C(F)(F)F.O=C(O)C(F)(F)F. The second-order valence-corrected chi connectivity index (χ2v) is 12.6. The van der Waals surface area contributed by atoms with Crippen molar-refractivity contribution in [3.8, 4) is 23.0 Å². The number of methoxy groups -OCH3 is 2. The second-order valence-electron chi connectivity index (χ2n) is 9.47. The first-order chi connectivity index (χ1) is 20.6. The van der Waals surface area contributed by atoms with E-state index in [9.17, 15) is 36.6 Å². The molecule has 1 heterocycles. The summed E-state index contributed by atoms with van der Waals surface area (Å²) >= 11 is 1.50. The van der Waals surface area contributed by atoms with Crippen LogP contribution in [0.3, 0.4) is 0 Å². The van der Waals surface area contributed by atoms with Gasteiger partial charge in [-0.2, -0.15) is 26.3 Å². The summed E-state index contributed by atoms with van der Waals surface area (Å²) in [6, 6.07) is 3.83. The van der Waals surface area contributed by atoms with Crippen molar-refractivity contribution in [1.29, 1.82) is 0 Å². The summed E-state index contributed by atoms with van der Waals surface area (Å²) < 4.78 is 77.9. The molecular weight excluding hydrogens is 678 g/mol. The van der Waals surface area contributed by atoms with E-state index in [1.54, 1.807) is 24.6 Å². The Balaban J connectivity index is 0.000000601. The molecule has 45 heavy (non-hydrogen) atoms. The third-order valence-electron chi connectivity index (χ3n) is 5.50. The third-order valence-corrected chi connectivity index (χ3v) is 9.56. The predicted octanol–water partition coefficient (Wildman–Crippen LogP) is 6.21. The molecule has 0 aliphatic heterocycles. The van der Waals surface area contributed by atoms with Gasteiger partial charge in [0.2, 0.25) is 0 Å². The number of rotatable bonds is 8. The van der Waals surface area contributed by atoms with Gasteiger partial charge in [0.05, 0.1) is 28.3 Å². The zero-order valence-electron chi connectivity index (χ0n) is 24.8. The van der Waals surface area contributed by atoms with E-state index in [0.29, 0.717) is 11.5 Å². The maximum atomic E-state index is 11.0. The number of phenols is 2. The highest BCUT2D eigenvalue weighted by atomic mass is 32.9. The van der Waals surface area contributed by atoms with Crippen LogP contribution in [0.25, 0.3) is 18.8 Å². The molecule has 0 aliphatic carbocycles. The fourth-order valence-corrected chi connectivity index (χ4v) is 7.72. The fraction of sp³-hybridized carbons (Fsp3) is 0.462. The van der Waals surface area contributed by atoms with E-state index in [0.717, 1.165) is 55.9 Å². The van der Waals surface area contributed by atoms with Crippen LogP contribution in [0.1, 0.15) is 11.1 Å². The number of aliphatic carboxylic acids is 2. The van der Waals surface area contributed by atoms with E-state index in [4.69, 9.17) is 29.3 Å². The normalized spacial score (nSPS) is 11.5. The lowest BCUT2D eigenvalue weighted by molar-refractivity contribution is -0.193. The maximum Gasteiger partial charge on any atom is 0.490 e. The molecule has 254 valence electrons. The Bertz CT molecular complexity index is 1490. The van der Waals surface area contributed by atoms with Gasteiger partial charge in [-0.3, -0.25) is 0 Å². The van der Waals surface area contributed by atoms with Gasteiger partial charge in [0.15, 0.2) is 23.0 Å². The molecule has 0 fully saturated rings. The summed E-state index contributed by atoms with van der Waals surface area (Å²) in [5.41, 5.74) is 2.21. The van der Waals surface area contributed by atoms with E-state index in [1.165, 1.54) is 21.7 Å². The van der Waals surface area contributed by atoms with Gasteiger partial charge in [-0.25, -0.2) is 9.59 Å². The Labute approximate surface area is 264 Å². The third kappa shape index (κ3) is 11.9. The van der Waals surface area contributed by atoms with Crippen LogP contribution in [0.5, 0.6) is 23.0 Å². The Morgan fingerprint density at radius 1 is 0.689 bits per heavy atom. The van der Waals surface area contributed by atoms with Crippen molar-refractivity contribution in [1.82, 2.24) is 9.80 Å². The number of alkyl halides is 6. The van der Waals surface area contributed by atoms with Gasteiger partial charge in [0.25, 0.3) is 0 Å². The minimum Gasteiger partial charge on any atom is -0.503 e. The number of nitrogens with zero attached hydrogens (tertiary/aromatic N) is 2. The summed E-state index contributed by atoms with van der Waals surface area (Å²) in [7, 11) is 14.4. The van der Waals surface area contributed by atoms with Crippen molar-refractivity contribution in [2.24, 2.45) is 0 Å². The van der Waals surface area contributed by atoms with Gasteiger partial charge in [-0.05, 0) is 64.3 Å². The van der Waals surface area contributed by atoms with E-state index in [1.807, 2.05) is 40.3 Å². The molecule has 0 amide bonds. The first-order valence-corrected chi connectivity index (χ1v) is 15.4. The zero-order valence-corrected chi connectivity index (χ0v) is 27.2. The molecule has 4 N–H and O–H groups in total. The minimum absolute atomic E-state index is 0.144. The fourth-order valence-electron chi connectivity index (χ4n) is 3.25. The number of aromatic hydroxyl groups is 2. The van der Waals surface area contributed by atoms with Crippen LogP contribution in [0, 0.1) is 0 Å². The van der Waals surface area contributed by atoms with Crippen LogP contribution < -0.4 is 9.47 Å². The number of likely N-dealkylation sites (N-methyl/N-ethyl adjacent to an activating group) is 2. The van der Waals surface area contributed by atoms with Crippen LogP contribution in [-0.4, -0.2) is 110 Å². The topological polar surface area (TPSA) is 140 Å². The molecule has 0 unspecified atom stereocenters. The molecule has 10 nitrogen and oxygen atoms in total. The molecule has 19 heteroatoms. The number of carboxylic acids is 2. The van der Waals surface area contributed by atoms with Crippen LogP contribution in [0.15, 0.2) is 12.1 Å². The number of hydrogen-bond acceptors (Lipinski definition) is 11. The summed E-state index contributed by atoms with van der Waals surface area (Å²) in [6.07, 6.45) is -8.53. The van der Waals surface area contributed by atoms with E-state index < -0.39 is 24.3 Å². The van der Waals surface area contributed by atoms with Crippen molar-refractivity contribution in [2.75, 3.05) is 55.5 Å². The highest BCUT2D eigenvalue weighted by molar-refractivity contribution is 7.74. The quantitative estimate of drug-likeness (QED) is 0.158. The Kier molecular flexibility index (Phi) is 14.9. The van der Waals surface area contributed by atoms with Gasteiger partial charge in [-0.1, -0.05) is 20.7 Å². The minimum atomic E-state index is -5.08. The van der Waals surface area contributed by atoms with Gasteiger partial charge in [0, 0.05) is 13.1 Å². The molecule has 0 saturated carbocycles. The average molecular weight is 711 g/mol. The largest absolute Gasteiger partial charge is 0.503 e. The lowest BCUT2D eigenvalue weighted by atomic mass is 10.1. The molecule has 2 aromatic carbocycles. The van der Waals surface area contributed by atoms with E-state index in [-0.39, 0.29) is 11.5 Å². The molecule has 3 rings (SSSR count). The zero-order chi connectivity index (χ0) is 34.9. The van der Waals surface area contributed by atoms with Crippen LogP contribution in [0.4, 0.5) is 26.3 Å². The van der Waals surface area contributed by atoms with E-state index in [2.05, 4.69) is 9.80 Å². The van der Waals surface area contributed by atoms with Crippen molar-refractivity contribution >= 4 is 62.8 Å². The summed E-state index contributed by atoms with van der Waals surface area (Å²) in [4.78, 5) is 22.1. The molecule has 0 atom stereocenters. The standard InChI is InChI=1S/C22H30N2O4S3.2C2HF3O2/c1-23(2)9-7-13-11-16(28-6)18(26)22-19(13)29-21-17(25)15(27-5)12-14(8-10-24(3)4)20(21)30-31-22;2*3-2(4,5)1(6)7/h11-12,25-26H,7-10H2,1-6H3;2*(H,6,7). The summed E-state index contributed by atoms with van der Waals surface area (Å²) in [5.74, 6) is -4.28. The second kappa shape index (κ2) is 16.9. The lowest BCUT2D eigenvalue weighted by Gasteiger charge is -2.13. The van der Waals surface area contributed by atoms with Crippen molar-refractivity contribution in [3.05, 3.63) is 23.3 Å². The van der Waals surface area contributed by atoms with Crippen molar-refractivity contribution in [2.45, 2.75) is 25.2 Å². The van der Waals surface area contributed by atoms with Crippen LogP contribution >= 0.6 is 32.0 Å². The number of phenolic OH excluding ortho intramolecular Hbond substituents is 2. The first kappa shape index (κ1) is 39.8. The Hall–Kier alpha value is -3.26. The molecular formula is C26H32F6N2O8S3. The maximum absolute atomic E-state index is 11.0. The predicted molar refractivity (Wildman–Crippen MR) is 161 cm³/mol. The van der Waals surface area contributed by atoms with Crippen LogP contribution in [0.2, 0.25) is 0 Å². The lowest BCUT2D eigenvalue weighted by Crippen LogP contribution is -2.21. The summed E-state index contributed by atoms with van der Waals surface area (Å²) in [6.45, 7) is 1.75. The molecule has 3 aromatic rings. The molecule has 1 aromatic heterocycles. The first-order valence-electron chi connectivity index (χ1n) is 12.4. The van der Waals surface area contributed by atoms with Gasteiger partial charge in [0.1, 0.15) is 4.70 Å². The van der Waals surface area contributed by atoms with Gasteiger partial charge < -0.3 is 39.7 Å². The number of carboxylic acid groups (broad SMARTS) is 2. The van der Waals surface area contributed by atoms with Crippen molar-refractivity contribution < 1.29 is 65.8 Å². The Morgan fingerprint density at radius 3 is 1.36 bits per heavy atom. The smallest absolute Gasteiger partial charge is 0.490 e. The highest BCUT2D eigenvalue weighted by Gasteiger charge is 2.38. The Morgan fingerprint density at radius 2 is 1.02 bits per heavy atom. The van der Waals surface area contributed by atoms with E-state index >= 15 is 0 Å². The molecule has 0 radical (unpaired) electrons. The van der Waals surface area contributed by atoms with Crippen molar-refractivity contribution in [3.63, 3.8) is 0 Å². The molecule has 0 bridgehead atoms. The molecule has 0 spiro atoms. The number of benzene rings is 2. The number of halogens is 6. The van der Waals surface area contributed by atoms with Gasteiger partial charge in [-0.15, -0.1) is 11.3 Å². The number of ether oxygens (including phenoxy) is 2. The highest BCUT2D eigenvalue weighted by Crippen LogP contribution is 2.48. The molecule has 0 aliphatic rings. The van der Waals surface area contributed by atoms with Gasteiger partial charge >= 0.3 is 24.3 Å². The monoisotopic (exact) mass is 710 g/mol. The number of hydrogen-bond donors (Lipinski definition) is 4. The number of fused-ring (bicyclic) bond motifs is 2.